The van der Waals surface area contributed by atoms with Crippen LogP contribution in [0.25, 0.3) is 0 Å². The molecule has 0 radical (unpaired) electrons. The molecule has 16 heavy (non-hydrogen) atoms. The summed E-state index contributed by atoms with van der Waals surface area (Å²) in [7, 11) is 0. The van der Waals surface area contributed by atoms with Crippen LogP contribution in [0.2, 0.25) is 0 Å². The number of rotatable bonds is 3. The Labute approximate surface area is 96.2 Å². The Morgan fingerprint density at radius 2 is 2.31 bits per heavy atom. The van der Waals surface area contributed by atoms with E-state index in [1.54, 1.807) is 0 Å². The number of anilines is 1. The molecule has 1 saturated heterocycles. The van der Waals surface area contributed by atoms with E-state index in [0.717, 1.165) is 24.2 Å². The van der Waals surface area contributed by atoms with Gasteiger partial charge < -0.3 is 10.6 Å². The molecule has 1 amide bonds. The highest BCUT2D eigenvalue weighted by Crippen LogP contribution is 2.15. The van der Waals surface area contributed by atoms with Crippen LogP contribution in [0.1, 0.15) is 24.8 Å². The van der Waals surface area contributed by atoms with Crippen LogP contribution in [0, 0.1) is 6.92 Å². The Morgan fingerprint density at radius 1 is 1.50 bits per heavy atom. The van der Waals surface area contributed by atoms with Crippen LogP contribution in [0.4, 0.5) is 5.69 Å². The van der Waals surface area contributed by atoms with Crippen molar-refractivity contribution >= 4 is 11.6 Å². The lowest BCUT2D eigenvalue weighted by atomic mass is 10.1. The summed E-state index contributed by atoms with van der Waals surface area (Å²) >= 11 is 0. The second kappa shape index (κ2) is 5.12. The lowest BCUT2D eigenvalue weighted by molar-refractivity contribution is -0.116. The SMILES string of the molecule is Cc1ccccc1NC(=O)CC1CCCN1. The quantitative estimate of drug-likeness (QED) is 0.815. The van der Waals surface area contributed by atoms with E-state index < -0.39 is 0 Å². The number of benzene rings is 1. The van der Waals surface area contributed by atoms with Gasteiger partial charge in [-0.2, -0.15) is 0 Å². The second-order valence-corrected chi connectivity index (χ2v) is 4.36. The molecular formula is C13H18N2O. The molecule has 1 unspecified atom stereocenters. The van der Waals surface area contributed by atoms with Crippen molar-refractivity contribution in [3.05, 3.63) is 29.8 Å². The summed E-state index contributed by atoms with van der Waals surface area (Å²) in [6.45, 7) is 3.05. The molecule has 1 aromatic carbocycles. The minimum atomic E-state index is 0.105. The topological polar surface area (TPSA) is 41.1 Å². The molecule has 0 spiro atoms. The lowest BCUT2D eigenvalue weighted by Gasteiger charge is -2.11. The maximum absolute atomic E-state index is 11.8. The van der Waals surface area contributed by atoms with E-state index in [0.29, 0.717) is 12.5 Å². The summed E-state index contributed by atoms with van der Waals surface area (Å²) in [4.78, 5) is 11.8. The maximum Gasteiger partial charge on any atom is 0.225 e. The van der Waals surface area contributed by atoms with Gasteiger partial charge in [-0.25, -0.2) is 0 Å². The molecule has 3 nitrogen and oxygen atoms in total. The van der Waals surface area contributed by atoms with E-state index in [4.69, 9.17) is 0 Å². The largest absolute Gasteiger partial charge is 0.326 e. The third-order valence-corrected chi connectivity index (χ3v) is 3.01. The van der Waals surface area contributed by atoms with Crippen LogP contribution in [0.5, 0.6) is 0 Å². The number of carbonyl (C=O) groups excluding carboxylic acids is 1. The highest BCUT2D eigenvalue weighted by molar-refractivity contribution is 5.91. The minimum Gasteiger partial charge on any atom is -0.326 e. The fraction of sp³-hybridized carbons (Fsp3) is 0.462. The van der Waals surface area contributed by atoms with Crippen molar-refractivity contribution in [2.45, 2.75) is 32.2 Å². The molecule has 86 valence electrons. The number of hydrogen-bond acceptors (Lipinski definition) is 2. The van der Waals surface area contributed by atoms with Crippen molar-refractivity contribution in [1.29, 1.82) is 0 Å². The average molecular weight is 218 g/mol. The van der Waals surface area contributed by atoms with Gasteiger partial charge in [0.2, 0.25) is 5.91 Å². The predicted octanol–water partition coefficient (Wildman–Crippen LogP) is 2.08. The number of amides is 1. The van der Waals surface area contributed by atoms with Crippen LogP contribution in [-0.2, 0) is 4.79 Å². The van der Waals surface area contributed by atoms with Gasteiger partial charge in [0.15, 0.2) is 0 Å². The van der Waals surface area contributed by atoms with Crippen molar-refractivity contribution in [3.63, 3.8) is 0 Å². The molecule has 1 aliphatic heterocycles. The van der Waals surface area contributed by atoms with E-state index in [2.05, 4.69) is 10.6 Å². The van der Waals surface area contributed by atoms with Crippen molar-refractivity contribution in [2.75, 3.05) is 11.9 Å². The number of aryl methyl sites for hydroxylation is 1. The summed E-state index contributed by atoms with van der Waals surface area (Å²) in [5, 5.41) is 6.29. The molecular weight excluding hydrogens is 200 g/mol. The molecule has 0 aliphatic carbocycles. The fourth-order valence-electron chi connectivity index (χ4n) is 2.07. The van der Waals surface area contributed by atoms with Gasteiger partial charge >= 0.3 is 0 Å². The van der Waals surface area contributed by atoms with E-state index >= 15 is 0 Å². The summed E-state index contributed by atoms with van der Waals surface area (Å²) in [5.41, 5.74) is 2.03. The first kappa shape index (κ1) is 11.1. The molecule has 1 aliphatic rings. The summed E-state index contributed by atoms with van der Waals surface area (Å²) < 4.78 is 0. The van der Waals surface area contributed by atoms with Crippen molar-refractivity contribution in [1.82, 2.24) is 5.32 Å². The van der Waals surface area contributed by atoms with Crippen LogP contribution in [-0.4, -0.2) is 18.5 Å². The molecule has 2 rings (SSSR count). The first-order chi connectivity index (χ1) is 7.75. The lowest BCUT2D eigenvalue weighted by Crippen LogP contribution is -2.27. The zero-order valence-electron chi connectivity index (χ0n) is 9.62. The zero-order chi connectivity index (χ0) is 11.4. The minimum absolute atomic E-state index is 0.105. The third kappa shape index (κ3) is 2.83. The van der Waals surface area contributed by atoms with Crippen LogP contribution in [0.3, 0.4) is 0 Å². The summed E-state index contributed by atoms with van der Waals surface area (Å²) in [6, 6.07) is 8.22. The highest BCUT2D eigenvalue weighted by Gasteiger charge is 2.17. The normalized spacial score (nSPS) is 19.7. The van der Waals surface area contributed by atoms with Crippen LogP contribution in [0.15, 0.2) is 24.3 Å². The molecule has 1 fully saturated rings. The standard InChI is InChI=1S/C13H18N2O/c1-10-5-2-3-7-12(10)15-13(16)9-11-6-4-8-14-11/h2-3,5,7,11,14H,4,6,8-9H2,1H3,(H,15,16). The van der Waals surface area contributed by atoms with Gasteiger partial charge in [-0.1, -0.05) is 18.2 Å². The predicted molar refractivity (Wildman–Crippen MR) is 65.5 cm³/mol. The van der Waals surface area contributed by atoms with E-state index in [-0.39, 0.29) is 5.91 Å². The van der Waals surface area contributed by atoms with E-state index in [1.165, 1.54) is 6.42 Å². The Balaban J connectivity index is 1.89. The molecule has 1 atom stereocenters. The van der Waals surface area contributed by atoms with Gasteiger partial charge in [-0.3, -0.25) is 4.79 Å². The van der Waals surface area contributed by atoms with Crippen molar-refractivity contribution < 1.29 is 4.79 Å². The highest BCUT2D eigenvalue weighted by atomic mass is 16.1. The van der Waals surface area contributed by atoms with E-state index in [9.17, 15) is 4.79 Å². The smallest absolute Gasteiger partial charge is 0.225 e. The Morgan fingerprint density at radius 3 is 3.00 bits per heavy atom. The number of para-hydroxylation sites is 1. The Hall–Kier alpha value is -1.35. The van der Waals surface area contributed by atoms with E-state index in [1.807, 2.05) is 31.2 Å². The van der Waals surface area contributed by atoms with Crippen LogP contribution >= 0.6 is 0 Å². The van der Waals surface area contributed by atoms with Gasteiger partial charge in [-0.15, -0.1) is 0 Å². The molecule has 0 saturated carbocycles. The number of hydrogen-bond donors (Lipinski definition) is 2. The van der Waals surface area contributed by atoms with Gasteiger partial charge in [0.05, 0.1) is 0 Å². The molecule has 3 heteroatoms. The molecule has 2 N–H and O–H groups in total. The fourth-order valence-corrected chi connectivity index (χ4v) is 2.07. The van der Waals surface area contributed by atoms with Gasteiger partial charge in [0.25, 0.3) is 0 Å². The van der Waals surface area contributed by atoms with Crippen molar-refractivity contribution in [3.8, 4) is 0 Å². The van der Waals surface area contributed by atoms with Crippen molar-refractivity contribution in [2.24, 2.45) is 0 Å². The third-order valence-electron chi connectivity index (χ3n) is 3.01. The van der Waals surface area contributed by atoms with Gasteiger partial charge in [-0.05, 0) is 37.9 Å². The first-order valence-electron chi connectivity index (χ1n) is 5.84. The van der Waals surface area contributed by atoms with Gasteiger partial charge in [0, 0.05) is 18.2 Å². The molecule has 1 heterocycles. The second-order valence-electron chi connectivity index (χ2n) is 4.36. The summed E-state index contributed by atoms with van der Waals surface area (Å²) in [5.74, 6) is 0.105. The molecule has 1 aromatic rings. The maximum atomic E-state index is 11.8. The molecule has 0 aromatic heterocycles. The van der Waals surface area contributed by atoms with Crippen LogP contribution < -0.4 is 10.6 Å². The number of nitrogens with one attached hydrogen (secondary N) is 2. The number of carbonyl (C=O) groups is 1. The summed E-state index contributed by atoms with van der Waals surface area (Å²) in [6.07, 6.45) is 2.87. The Bertz CT molecular complexity index is 370. The first-order valence-corrected chi connectivity index (χ1v) is 5.84. The Kier molecular flexibility index (Phi) is 3.57. The molecule has 0 bridgehead atoms. The zero-order valence-corrected chi connectivity index (χ0v) is 9.62. The van der Waals surface area contributed by atoms with Gasteiger partial charge in [0.1, 0.15) is 0 Å². The monoisotopic (exact) mass is 218 g/mol. The average Bonchev–Trinajstić information content (AvgIpc) is 2.74.